The van der Waals surface area contributed by atoms with Crippen molar-refractivity contribution in [1.29, 1.82) is 0 Å². The fraction of sp³-hybridized carbons (Fsp3) is 0.0500. The predicted molar refractivity (Wildman–Crippen MR) is 114 cm³/mol. The van der Waals surface area contributed by atoms with Gasteiger partial charge in [0.25, 0.3) is 5.91 Å². The molecule has 0 radical (unpaired) electrons. The second-order valence-corrected chi connectivity index (χ2v) is 8.70. The monoisotopic (exact) mass is 492 g/mol. The molecule has 1 amide bonds. The summed E-state index contributed by atoms with van der Waals surface area (Å²) in [6, 6.07) is 22.6. The second-order valence-electron chi connectivity index (χ2n) is 5.77. The zero-order valence-corrected chi connectivity index (χ0v) is 17.2. The fourth-order valence-electron chi connectivity index (χ4n) is 2.42. The molecule has 5 nitrogen and oxygen atoms in total. The van der Waals surface area contributed by atoms with Gasteiger partial charge in [-0.2, -0.15) is 0 Å². The van der Waals surface area contributed by atoms with Gasteiger partial charge in [0, 0.05) is 15.8 Å². The minimum atomic E-state index is -3.63. The molecule has 0 aliphatic carbocycles. The SMILES string of the molecule is O=C(Nc1ccc(S(=O)(=O)NCc2ccccc2)cc1)c1ccccc1I. The molecule has 0 bridgehead atoms. The van der Waals surface area contributed by atoms with Crippen molar-refractivity contribution in [3.63, 3.8) is 0 Å². The Hall–Kier alpha value is -2.23. The number of sulfonamides is 1. The number of carbonyl (C=O) groups excluding carboxylic acids is 1. The standard InChI is InChI=1S/C20H17IN2O3S/c21-19-9-5-4-8-18(19)20(24)23-16-10-12-17(13-11-16)27(25,26)22-14-15-6-2-1-3-7-15/h1-13,22H,14H2,(H,23,24). The molecule has 0 aromatic heterocycles. The van der Waals surface area contributed by atoms with Gasteiger partial charge in [0.15, 0.2) is 0 Å². The summed E-state index contributed by atoms with van der Waals surface area (Å²) in [7, 11) is -3.63. The van der Waals surface area contributed by atoms with Gasteiger partial charge < -0.3 is 5.32 Å². The van der Waals surface area contributed by atoms with E-state index in [0.717, 1.165) is 9.13 Å². The molecule has 0 saturated heterocycles. The van der Waals surface area contributed by atoms with Gasteiger partial charge in [0.05, 0.1) is 10.5 Å². The van der Waals surface area contributed by atoms with Crippen LogP contribution in [0.25, 0.3) is 0 Å². The van der Waals surface area contributed by atoms with Crippen LogP contribution in [0.5, 0.6) is 0 Å². The van der Waals surface area contributed by atoms with E-state index in [-0.39, 0.29) is 17.3 Å². The van der Waals surface area contributed by atoms with Gasteiger partial charge in [-0.1, -0.05) is 42.5 Å². The predicted octanol–water partition coefficient (Wildman–Crippen LogP) is 4.02. The molecular weight excluding hydrogens is 475 g/mol. The Kier molecular flexibility index (Phi) is 6.25. The minimum Gasteiger partial charge on any atom is -0.322 e. The molecule has 0 fully saturated rings. The molecule has 7 heteroatoms. The Morgan fingerprint density at radius 3 is 2.15 bits per heavy atom. The third-order valence-corrected chi connectivity index (χ3v) is 6.21. The highest BCUT2D eigenvalue weighted by atomic mass is 127. The molecule has 0 unspecified atom stereocenters. The summed E-state index contributed by atoms with van der Waals surface area (Å²) in [5, 5.41) is 2.78. The van der Waals surface area contributed by atoms with Gasteiger partial charge in [0.2, 0.25) is 10.0 Å². The normalized spacial score (nSPS) is 11.1. The molecule has 138 valence electrons. The summed E-state index contributed by atoms with van der Waals surface area (Å²) in [5.41, 5.74) is 1.98. The molecule has 0 atom stereocenters. The van der Waals surface area contributed by atoms with E-state index < -0.39 is 10.0 Å². The van der Waals surface area contributed by atoms with Gasteiger partial charge in [-0.05, 0) is 64.6 Å². The summed E-state index contributed by atoms with van der Waals surface area (Å²) >= 11 is 2.10. The van der Waals surface area contributed by atoms with Crippen LogP contribution in [0.4, 0.5) is 5.69 Å². The number of hydrogen-bond acceptors (Lipinski definition) is 3. The average Bonchev–Trinajstić information content (AvgIpc) is 2.68. The largest absolute Gasteiger partial charge is 0.322 e. The number of amides is 1. The van der Waals surface area contributed by atoms with E-state index in [1.807, 2.05) is 42.5 Å². The number of nitrogens with one attached hydrogen (secondary N) is 2. The number of anilines is 1. The van der Waals surface area contributed by atoms with Crippen LogP contribution < -0.4 is 10.0 Å². The molecular formula is C20H17IN2O3S. The summed E-state index contributed by atoms with van der Waals surface area (Å²) in [6.45, 7) is 0.216. The molecule has 3 aromatic carbocycles. The van der Waals surface area contributed by atoms with Crippen LogP contribution in [0.15, 0.2) is 83.8 Å². The van der Waals surface area contributed by atoms with Crippen LogP contribution in [0.1, 0.15) is 15.9 Å². The Bertz CT molecular complexity index is 1040. The zero-order valence-electron chi connectivity index (χ0n) is 14.2. The first kappa shape index (κ1) is 19.5. The summed E-state index contributed by atoms with van der Waals surface area (Å²) in [5.74, 6) is -0.238. The van der Waals surface area contributed by atoms with Gasteiger partial charge in [-0.15, -0.1) is 0 Å². The van der Waals surface area contributed by atoms with Gasteiger partial charge in [-0.3, -0.25) is 4.79 Å². The Labute approximate surface area is 172 Å². The molecule has 0 aliphatic rings. The second kappa shape index (κ2) is 8.64. The Balaban J connectivity index is 1.67. The first-order valence-corrected chi connectivity index (χ1v) is 10.7. The van der Waals surface area contributed by atoms with E-state index in [2.05, 4.69) is 32.6 Å². The van der Waals surface area contributed by atoms with Crippen LogP contribution in [0, 0.1) is 3.57 Å². The maximum absolute atomic E-state index is 12.4. The lowest BCUT2D eigenvalue weighted by atomic mass is 10.2. The first-order valence-electron chi connectivity index (χ1n) is 8.15. The topological polar surface area (TPSA) is 75.3 Å². The van der Waals surface area contributed by atoms with Crippen LogP contribution in [-0.4, -0.2) is 14.3 Å². The molecule has 0 heterocycles. The number of rotatable bonds is 6. The van der Waals surface area contributed by atoms with E-state index in [4.69, 9.17) is 0 Å². The molecule has 0 aliphatic heterocycles. The minimum absolute atomic E-state index is 0.144. The zero-order chi connectivity index (χ0) is 19.3. The maximum atomic E-state index is 12.4. The van der Waals surface area contributed by atoms with Crippen molar-refractivity contribution in [3.8, 4) is 0 Å². The molecule has 3 rings (SSSR count). The number of benzene rings is 3. The molecule has 0 spiro atoms. The molecule has 2 N–H and O–H groups in total. The van der Waals surface area contributed by atoms with Crippen LogP contribution in [0.3, 0.4) is 0 Å². The third kappa shape index (κ3) is 5.15. The van der Waals surface area contributed by atoms with Crippen LogP contribution >= 0.6 is 22.6 Å². The van der Waals surface area contributed by atoms with Crippen molar-refractivity contribution >= 4 is 44.2 Å². The molecule has 0 saturated carbocycles. The lowest BCUT2D eigenvalue weighted by Gasteiger charge is -2.09. The van der Waals surface area contributed by atoms with Crippen molar-refractivity contribution in [2.45, 2.75) is 11.4 Å². The summed E-state index contributed by atoms with van der Waals surface area (Å²) in [4.78, 5) is 12.5. The highest BCUT2D eigenvalue weighted by molar-refractivity contribution is 14.1. The van der Waals surface area contributed by atoms with Crippen molar-refractivity contribution in [2.75, 3.05) is 5.32 Å². The van der Waals surface area contributed by atoms with Crippen molar-refractivity contribution in [3.05, 3.63) is 93.6 Å². The number of halogens is 1. The molecule has 27 heavy (non-hydrogen) atoms. The van der Waals surface area contributed by atoms with Crippen molar-refractivity contribution in [1.82, 2.24) is 4.72 Å². The third-order valence-electron chi connectivity index (χ3n) is 3.85. The average molecular weight is 492 g/mol. The lowest BCUT2D eigenvalue weighted by molar-refractivity contribution is 0.102. The van der Waals surface area contributed by atoms with Gasteiger partial charge >= 0.3 is 0 Å². The van der Waals surface area contributed by atoms with Crippen molar-refractivity contribution < 1.29 is 13.2 Å². The quantitative estimate of drug-likeness (QED) is 0.511. The maximum Gasteiger partial charge on any atom is 0.256 e. The van der Waals surface area contributed by atoms with E-state index in [9.17, 15) is 13.2 Å². The van der Waals surface area contributed by atoms with Gasteiger partial charge in [0.1, 0.15) is 0 Å². The number of carbonyl (C=O) groups is 1. The smallest absolute Gasteiger partial charge is 0.256 e. The van der Waals surface area contributed by atoms with E-state index >= 15 is 0 Å². The van der Waals surface area contributed by atoms with E-state index in [1.165, 1.54) is 12.1 Å². The highest BCUT2D eigenvalue weighted by Crippen LogP contribution is 2.17. The lowest BCUT2D eigenvalue weighted by Crippen LogP contribution is -2.23. The van der Waals surface area contributed by atoms with E-state index in [0.29, 0.717) is 11.3 Å². The number of hydrogen-bond donors (Lipinski definition) is 2. The Morgan fingerprint density at radius 2 is 1.48 bits per heavy atom. The summed E-state index contributed by atoms with van der Waals surface area (Å²) in [6.07, 6.45) is 0. The highest BCUT2D eigenvalue weighted by Gasteiger charge is 2.14. The first-order chi connectivity index (χ1) is 13.0. The van der Waals surface area contributed by atoms with Crippen LogP contribution in [0.2, 0.25) is 0 Å². The van der Waals surface area contributed by atoms with Crippen LogP contribution in [-0.2, 0) is 16.6 Å². The van der Waals surface area contributed by atoms with Crippen molar-refractivity contribution in [2.24, 2.45) is 0 Å². The Morgan fingerprint density at radius 1 is 0.852 bits per heavy atom. The summed E-state index contributed by atoms with van der Waals surface area (Å²) < 4.78 is 28.2. The van der Waals surface area contributed by atoms with Gasteiger partial charge in [-0.25, -0.2) is 13.1 Å². The van der Waals surface area contributed by atoms with E-state index in [1.54, 1.807) is 24.3 Å². The fourth-order valence-corrected chi connectivity index (χ4v) is 4.07. The molecule has 3 aromatic rings.